The maximum absolute atomic E-state index is 8.53. The lowest BCUT2D eigenvalue weighted by Crippen LogP contribution is -1.95. The number of nitriles is 1. The van der Waals surface area contributed by atoms with Crippen LogP contribution in [-0.4, -0.2) is 10.1 Å². The predicted octanol–water partition coefficient (Wildman–Crippen LogP) is 2.02. The maximum Gasteiger partial charge on any atom is 0.264 e. The zero-order chi connectivity index (χ0) is 12.1. The van der Waals surface area contributed by atoms with Crippen molar-refractivity contribution in [1.82, 2.24) is 10.1 Å². The summed E-state index contributed by atoms with van der Waals surface area (Å²) in [5, 5.41) is 12.2. The molecule has 0 aliphatic heterocycles. The highest BCUT2D eigenvalue weighted by Crippen LogP contribution is 2.13. The Kier molecular flexibility index (Phi) is 3.36. The first-order valence-electron chi connectivity index (χ1n) is 5.16. The van der Waals surface area contributed by atoms with Crippen LogP contribution in [0.25, 0.3) is 0 Å². The highest BCUT2D eigenvalue weighted by Gasteiger charge is 2.03. The predicted molar refractivity (Wildman–Crippen MR) is 59.1 cm³/mol. The molecular formula is C12H11N3O2. The largest absolute Gasteiger partial charge is 0.484 e. The third-order valence-electron chi connectivity index (χ3n) is 2.14. The van der Waals surface area contributed by atoms with Gasteiger partial charge in [0.2, 0.25) is 0 Å². The molecule has 0 bridgehead atoms. The van der Waals surface area contributed by atoms with Gasteiger partial charge in [0.05, 0.1) is 12.5 Å². The second-order valence-corrected chi connectivity index (χ2v) is 3.50. The van der Waals surface area contributed by atoms with Crippen LogP contribution in [0.1, 0.15) is 17.3 Å². The third kappa shape index (κ3) is 3.05. The summed E-state index contributed by atoms with van der Waals surface area (Å²) in [5.74, 6) is 1.75. The molecule has 0 fully saturated rings. The monoisotopic (exact) mass is 229 g/mol. The van der Waals surface area contributed by atoms with Gasteiger partial charge in [-0.1, -0.05) is 17.3 Å². The molecule has 0 unspecified atom stereocenters. The Labute approximate surface area is 98.6 Å². The smallest absolute Gasteiger partial charge is 0.264 e. The van der Waals surface area contributed by atoms with E-state index in [1.165, 1.54) is 0 Å². The lowest BCUT2D eigenvalue weighted by atomic mass is 10.2. The number of ether oxygens (including phenoxy) is 1. The van der Waals surface area contributed by atoms with Crippen molar-refractivity contribution in [3.8, 4) is 11.8 Å². The molecule has 0 amide bonds. The van der Waals surface area contributed by atoms with Crippen LogP contribution in [0.15, 0.2) is 28.8 Å². The van der Waals surface area contributed by atoms with Crippen LogP contribution in [0.4, 0.5) is 0 Å². The first kappa shape index (κ1) is 11.1. The molecule has 1 aromatic heterocycles. The SMILES string of the molecule is Cc1noc(COc2ccc(CC#N)cc2)n1. The van der Waals surface area contributed by atoms with Crippen molar-refractivity contribution in [2.75, 3.05) is 0 Å². The maximum atomic E-state index is 8.53. The highest BCUT2D eigenvalue weighted by atomic mass is 16.5. The van der Waals surface area contributed by atoms with E-state index in [0.717, 1.165) is 5.56 Å². The molecule has 0 saturated carbocycles. The third-order valence-corrected chi connectivity index (χ3v) is 2.14. The van der Waals surface area contributed by atoms with E-state index in [2.05, 4.69) is 16.2 Å². The van der Waals surface area contributed by atoms with E-state index < -0.39 is 0 Å². The summed E-state index contributed by atoms with van der Waals surface area (Å²) in [4.78, 5) is 4.03. The molecule has 0 atom stereocenters. The average molecular weight is 229 g/mol. The zero-order valence-corrected chi connectivity index (χ0v) is 9.38. The van der Waals surface area contributed by atoms with Crippen LogP contribution in [0.5, 0.6) is 5.75 Å². The van der Waals surface area contributed by atoms with Crippen molar-refractivity contribution in [3.63, 3.8) is 0 Å². The van der Waals surface area contributed by atoms with Crippen molar-refractivity contribution in [1.29, 1.82) is 5.26 Å². The standard InChI is InChI=1S/C12H11N3O2/c1-9-14-12(17-15-9)8-16-11-4-2-10(3-5-11)6-7-13/h2-5H,6,8H2,1H3. The van der Waals surface area contributed by atoms with Crippen molar-refractivity contribution in [2.45, 2.75) is 20.0 Å². The Hall–Kier alpha value is -2.35. The summed E-state index contributed by atoms with van der Waals surface area (Å²) in [6.07, 6.45) is 0.406. The average Bonchev–Trinajstić information content (AvgIpc) is 2.75. The molecule has 5 nitrogen and oxygen atoms in total. The lowest BCUT2D eigenvalue weighted by Gasteiger charge is -2.03. The molecule has 2 rings (SSSR count). The van der Waals surface area contributed by atoms with Gasteiger partial charge in [0.1, 0.15) is 5.75 Å². The molecule has 0 spiro atoms. The van der Waals surface area contributed by atoms with Gasteiger partial charge in [-0.15, -0.1) is 0 Å². The fourth-order valence-electron chi connectivity index (χ4n) is 1.34. The second-order valence-electron chi connectivity index (χ2n) is 3.50. The van der Waals surface area contributed by atoms with Crippen molar-refractivity contribution in [2.24, 2.45) is 0 Å². The van der Waals surface area contributed by atoms with E-state index in [0.29, 0.717) is 23.9 Å². The van der Waals surface area contributed by atoms with Gasteiger partial charge in [-0.3, -0.25) is 0 Å². The molecule has 0 radical (unpaired) electrons. The summed E-state index contributed by atoms with van der Waals surface area (Å²) in [6.45, 7) is 2.00. The van der Waals surface area contributed by atoms with E-state index in [4.69, 9.17) is 14.5 Å². The van der Waals surface area contributed by atoms with Crippen LogP contribution in [0.2, 0.25) is 0 Å². The fraction of sp³-hybridized carbons (Fsp3) is 0.250. The summed E-state index contributed by atoms with van der Waals surface area (Å²) in [5.41, 5.74) is 0.966. The molecule has 0 aliphatic rings. The molecular weight excluding hydrogens is 218 g/mol. The highest BCUT2D eigenvalue weighted by molar-refractivity contribution is 5.28. The Morgan fingerprint density at radius 3 is 2.71 bits per heavy atom. The van der Waals surface area contributed by atoms with Crippen LogP contribution in [0, 0.1) is 18.3 Å². The second kappa shape index (κ2) is 5.12. The molecule has 17 heavy (non-hydrogen) atoms. The van der Waals surface area contributed by atoms with Crippen LogP contribution < -0.4 is 4.74 Å². The van der Waals surface area contributed by atoms with Gasteiger partial charge in [-0.05, 0) is 24.6 Å². The number of nitrogens with zero attached hydrogens (tertiary/aromatic N) is 3. The summed E-state index contributed by atoms with van der Waals surface area (Å²) < 4.78 is 10.4. The fourth-order valence-corrected chi connectivity index (χ4v) is 1.34. The number of benzene rings is 1. The molecule has 0 aliphatic carbocycles. The number of rotatable bonds is 4. The van der Waals surface area contributed by atoms with Gasteiger partial charge in [0.15, 0.2) is 12.4 Å². The minimum atomic E-state index is 0.248. The molecule has 0 N–H and O–H groups in total. The van der Waals surface area contributed by atoms with E-state index in [1.807, 2.05) is 24.3 Å². The van der Waals surface area contributed by atoms with Gasteiger partial charge < -0.3 is 9.26 Å². The molecule has 1 aromatic carbocycles. The van der Waals surface area contributed by atoms with E-state index >= 15 is 0 Å². The number of aromatic nitrogens is 2. The summed E-state index contributed by atoms with van der Waals surface area (Å²) in [6, 6.07) is 9.44. The van der Waals surface area contributed by atoms with Crippen LogP contribution in [-0.2, 0) is 13.0 Å². The van der Waals surface area contributed by atoms with Gasteiger partial charge >= 0.3 is 0 Å². The van der Waals surface area contributed by atoms with Gasteiger partial charge in [-0.2, -0.15) is 10.2 Å². The van der Waals surface area contributed by atoms with Crippen molar-refractivity contribution >= 4 is 0 Å². The summed E-state index contributed by atoms with van der Waals surface area (Å²) in [7, 11) is 0. The van der Waals surface area contributed by atoms with Gasteiger partial charge in [0, 0.05) is 0 Å². The molecule has 2 aromatic rings. The lowest BCUT2D eigenvalue weighted by molar-refractivity contribution is 0.242. The van der Waals surface area contributed by atoms with Crippen molar-refractivity contribution in [3.05, 3.63) is 41.5 Å². The Morgan fingerprint density at radius 2 is 2.12 bits per heavy atom. The molecule has 1 heterocycles. The number of aryl methyl sites for hydroxylation is 1. The minimum Gasteiger partial charge on any atom is -0.484 e. The Morgan fingerprint density at radius 1 is 1.35 bits per heavy atom. The number of hydrogen-bond donors (Lipinski definition) is 0. The topological polar surface area (TPSA) is 71.9 Å². The molecule has 5 heteroatoms. The Balaban J connectivity index is 1.93. The number of hydrogen-bond acceptors (Lipinski definition) is 5. The van der Waals surface area contributed by atoms with E-state index in [9.17, 15) is 0 Å². The van der Waals surface area contributed by atoms with Crippen molar-refractivity contribution < 1.29 is 9.26 Å². The van der Waals surface area contributed by atoms with Gasteiger partial charge in [0.25, 0.3) is 5.89 Å². The molecule has 0 saturated heterocycles. The normalized spacial score (nSPS) is 9.88. The first-order chi connectivity index (χ1) is 8.28. The van der Waals surface area contributed by atoms with E-state index in [-0.39, 0.29) is 6.61 Å². The van der Waals surface area contributed by atoms with Crippen LogP contribution >= 0.6 is 0 Å². The molecule has 86 valence electrons. The first-order valence-corrected chi connectivity index (χ1v) is 5.16. The minimum absolute atomic E-state index is 0.248. The zero-order valence-electron chi connectivity index (χ0n) is 9.38. The van der Waals surface area contributed by atoms with Gasteiger partial charge in [-0.25, -0.2) is 0 Å². The van der Waals surface area contributed by atoms with Crippen LogP contribution in [0.3, 0.4) is 0 Å². The Bertz CT molecular complexity index is 525. The quantitative estimate of drug-likeness (QED) is 0.802. The van der Waals surface area contributed by atoms with E-state index in [1.54, 1.807) is 6.92 Å². The summed E-state index contributed by atoms with van der Waals surface area (Å²) >= 11 is 0.